The highest BCUT2D eigenvalue weighted by atomic mass is 19.4. The number of alkyl halides is 3. The normalized spacial score (nSPS) is 45.1. The Balaban J connectivity index is 2.43. The van der Waals surface area contributed by atoms with Crippen molar-refractivity contribution < 1.29 is 22.7 Å². The molecule has 2 bridgehead atoms. The third-order valence-corrected chi connectivity index (χ3v) is 5.04. The number of carbonyl (C=O) groups excluding carboxylic acids is 1. The number of esters is 1. The molecule has 2 fully saturated rings. The Morgan fingerprint density at radius 3 is 2.24 bits per heavy atom. The molecule has 0 aromatic carbocycles. The summed E-state index contributed by atoms with van der Waals surface area (Å²) in [6.07, 6.45) is -4.11. The summed E-state index contributed by atoms with van der Waals surface area (Å²) in [5, 5.41) is 0. The van der Waals surface area contributed by atoms with E-state index < -0.39 is 23.5 Å². The van der Waals surface area contributed by atoms with Crippen LogP contribution in [0.5, 0.6) is 0 Å². The van der Waals surface area contributed by atoms with E-state index in [4.69, 9.17) is 0 Å². The Kier molecular flexibility index (Phi) is 2.71. The molecular formula is C12H17F3O2. The van der Waals surface area contributed by atoms with Gasteiger partial charge in [-0.15, -0.1) is 0 Å². The van der Waals surface area contributed by atoms with Crippen LogP contribution in [0.2, 0.25) is 0 Å². The molecule has 2 aliphatic rings. The van der Waals surface area contributed by atoms with Crippen LogP contribution in [0, 0.1) is 29.1 Å². The molecule has 2 aliphatic carbocycles. The fourth-order valence-corrected chi connectivity index (χ4v) is 3.89. The number of methoxy groups -OCH3 is 1. The highest BCUT2D eigenvalue weighted by Gasteiger charge is 2.73. The van der Waals surface area contributed by atoms with Crippen LogP contribution in [0.25, 0.3) is 0 Å². The summed E-state index contributed by atoms with van der Waals surface area (Å²) in [5.74, 6) is -1.53. The lowest BCUT2D eigenvalue weighted by molar-refractivity contribution is -0.252. The number of ether oxygens (including phenoxy) is 1. The van der Waals surface area contributed by atoms with Crippen molar-refractivity contribution in [2.24, 2.45) is 29.1 Å². The average molecular weight is 250 g/mol. The van der Waals surface area contributed by atoms with E-state index in [0.717, 1.165) is 7.11 Å². The van der Waals surface area contributed by atoms with Gasteiger partial charge in [-0.25, -0.2) is 0 Å². The van der Waals surface area contributed by atoms with Gasteiger partial charge in [0.05, 0.1) is 7.11 Å². The molecule has 0 N–H and O–H groups in total. The topological polar surface area (TPSA) is 26.3 Å². The third-order valence-electron chi connectivity index (χ3n) is 5.04. The van der Waals surface area contributed by atoms with Crippen molar-refractivity contribution in [1.29, 1.82) is 0 Å². The van der Waals surface area contributed by atoms with E-state index in [-0.39, 0.29) is 24.2 Å². The zero-order valence-corrected chi connectivity index (χ0v) is 10.2. The molecule has 0 aromatic rings. The summed E-state index contributed by atoms with van der Waals surface area (Å²) in [4.78, 5) is 11.7. The molecule has 0 spiro atoms. The van der Waals surface area contributed by atoms with Crippen LogP contribution in [0.3, 0.4) is 0 Å². The molecule has 2 rings (SSSR count). The number of carbonyl (C=O) groups is 1. The summed E-state index contributed by atoms with van der Waals surface area (Å²) in [6.45, 7) is 3.80. The van der Waals surface area contributed by atoms with E-state index in [1.54, 1.807) is 0 Å². The van der Waals surface area contributed by atoms with Crippen LogP contribution >= 0.6 is 0 Å². The molecule has 5 heteroatoms. The van der Waals surface area contributed by atoms with Crippen molar-refractivity contribution >= 4 is 5.97 Å². The smallest absolute Gasteiger partial charge is 0.405 e. The van der Waals surface area contributed by atoms with E-state index >= 15 is 0 Å². The Bertz CT molecular complexity index is 337. The first-order valence-corrected chi connectivity index (χ1v) is 5.91. The molecule has 0 radical (unpaired) electrons. The molecule has 0 saturated heterocycles. The van der Waals surface area contributed by atoms with Crippen molar-refractivity contribution in [3.63, 3.8) is 0 Å². The lowest BCUT2D eigenvalue weighted by Crippen LogP contribution is -2.52. The van der Waals surface area contributed by atoms with Gasteiger partial charge in [-0.2, -0.15) is 13.2 Å². The van der Waals surface area contributed by atoms with Crippen LogP contribution in [0.4, 0.5) is 13.2 Å². The van der Waals surface area contributed by atoms with Crippen molar-refractivity contribution in [3.8, 4) is 0 Å². The minimum Gasteiger partial charge on any atom is -0.468 e. The maximum Gasteiger partial charge on any atom is 0.405 e. The Hall–Kier alpha value is -0.740. The maximum atomic E-state index is 13.3. The number of hydrogen-bond donors (Lipinski definition) is 0. The van der Waals surface area contributed by atoms with E-state index in [9.17, 15) is 18.0 Å². The molecule has 0 heterocycles. The predicted octanol–water partition coefficient (Wildman–Crippen LogP) is 3.02. The molecule has 0 aromatic heterocycles. The summed E-state index contributed by atoms with van der Waals surface area (Å²) in [5.41, 5.74) is -2.25. The fraction of sp³-hybridized carbons (Fsp3) is 0.917. The quantitative estimate of drug-likeness (QED) is 0.669. The van der Waals surface area contributed by atoms with Crippen LogP contribution in [0.1, 0.15) is 26.7 Å². The van der Waals surface area contributed by atoms with E-state index in [1.165, 1.54) is 0 Å². The van der Waals surface area contributed by atoms with E-state index in [1.807, 2.05) is 13.8 Å². The van der Waals surface area contributed by atoms with Gasteiger partial charge in [0, 0.05) is 0 Å². The van der Waals surface area contributed by atoms with Gasteiger partial charge in [-0.1, -0.05) is 13.8 Å². The standard InChI is InChI=1S/C12H17F3O2/c1-6-7(2)9-4-8(6)5-11(9,10(16)17-3)12(13,14)15/h6-9H,4-5H2,1-3H3. The van der Waals surface area contributed by atoms with Gasteiger partial charge in [-0.3, -0.25) is 4.79 Å². The van der Waals surface area contributed by atoms with Gasteiger partial charge >= 0.3 is 12.1 Å². The van der Waals surface area contributed by atoms with E-state index in [2.05, 4.69) is 4.74 Å². The number of rotatable bonds is 1. The molecule has 2 nitrogen and oxygen atoms in total. The zero-order valence-electron chi connectivity index (χ0n) is 10.2. The predicted molar refractivity (Wildman–Crippen MR) is 55.0 cm³/mol. The maximum absolute atomic E-state index is 13.3. The summed E-state index contributed by atoms with van der Waals surface area (Å²) in [7, 11) is 1.04. The van der Waals surface area contributed by atoms with Gasteiger partial charge in [0.2, 0.25) is 0 Å². The second kappa shape index (κ2) is 3.62. The second-order valence-corrected chi connectivity index (χ2v) is 5.49. The second-order valence-electron chi connectivity index (χ2n) is 5.49. The Morgan fingerprint density at radius 1 is 1.29 bits per heavy atom. The van der Waals surface area contributed by atoms with Crippen molar-refractivity contribution in [3.05, 3.63) is 0 Å². The minimum atomic E-state index is -4.51. The monoisotopic (exact) mass is 250 g/mol. The molecule has 5 atom stereocenters. The van der Waals surface area contributed by atoms with Crippen LogP contribution in [0.15, 0.2) is 0 Å². The number of fused-ring (bicyclic) bond motifs is 2. The van der Waals surface area contributed by atoms with Gasteiger partial charge in [0.25, 0.3) is 0 Å². The Labute approximate surface area is 98.5 Å². The zero-order chi connectivity index (χ0) is 13.0. The largest absolute Gasteiger partial charge is 0.468 e. The Morgan fingerprint density at radius 2 is 1.88 bits per heavy atom. The number of halogens is 3. The van der Waals surface area contributed by atoms with Crippen LogP contribution in [-0.2, 0) is 9.53 Å². The summed E-state index contributed by atoms with van der Waals surface area (Å²) < 4.78 is 44.4. The van der Waals surface area contributed by atoms with Gasteiger partial charge < -0.3 is 4.74 Å². The minimum absolute atomic E-state index is 0.00396. The molecule has 17 heavy (non-hydrogen) atoms. The molecule has 0 aliphatic heterocycles. The highest BCUT2D eigenvalue weighted by molar-refractivity contribution is 5.79. The van der Waals surface area contributed by atoms with Gasteiger partial charge in [0.15, 0.2) is 5.41 Å². The molecule has 2 saturated carbocycles. The van der Waals surface area contributed by atoms with Crippen LogP contribution in [-0.4, -0.2) is 19.3 Å². The molecule has 0 amide bonds. The first-order chi connectivity index (χ1) is 7.75. The third kappa shape index (κ3) is 1.43. The lowest BCUT2D eigenvalue weighted by atomic mass is 9.65. The first kappa shape index (κ1) is 12.7. The van der Waals surface area contributed by atoms with Crippen LogP contribution < -0.4 is 0 Å². The van der Waals surface area contributed by atoms with Gasteiger partial charge in [-0.05, 0) is 36.5 Å². The summed E-state index contributed by atoms with van der Waals surface area (Å²) in [6, 6.07) is 0. The molecule has 5 unspecified atom stereocenters. The first-order valence-electron chi connectivity index (χ1n) is 5.91. The highest BCUT2D eigenvalue weighted by Crippen LogP contribution is 2.66. The lowest BCUT2D eigenvalue weighted by Gasteiger charge is -2.41. The van der Waals surface area contributed by atoms with Gasteiger partial charge in [0.1, 0.15) is 0 Å². The summed E-state index contributed by atoms with van der Waals surface area (Å²) >= 11 is 0. The molecular weight excluding hydrogens is 233 g/mol. The SMILES string of the molecule is COC(=O)C1(C(F)(F)F)CC2CC1C(C)C2C. The number of hydrogen-bond acceptors (Lipinski definition) is 2. The fourth-order valence-electron chi connectivity index (χ4n) is 3.89. The molecule has 98 valence electrons. The van der Waals surface area contributed by atoms with Crippen molar-refractivity contribution in [1.82, 2.24) is 0 Å². The average Bonchev–Trinajstić information content (AvgIpc) is 2.76. The van der Waals surface area contributed by atoms with E-state index in [0.29, 0.717) is 6.42 Å². The van der Waals surface area contributed by atoms with Crippen molar-refractivity contribution in [2.45, 2.75) is 32.9 Å². The van der Waals surface area contributed by atoms with Crippen molar-refractivity contribution in [2.75, 3.05) is 7.11 Å².